The van der Waals surface area contributed by atoms with Crippen LogP contribution in [-0.4, -0.2) is 13.1 Å². The maximum atomic E-state index is 10.5. The molecule has 0 fully saturated rings. The summed E-state index contributed by atoms with van der Waals surface area (Å²) in [6.07, 6.45) is 1.49. The number of fused-ring (bicyclic) bond motifs is 1. The van der Waals surface area contributed by atoms with Crippen molar-refractivity contribution >= 4 is 6.29 Å². The minimum absolute atomic E-state index is 0.232. The van der Waals surface area contributed by atoms with Crippen molar-refractivity contribution in [1.29, 1.82) is 0 Å². The largest absolute Gasteiger partial charge is 0.454 e. The Morgan fingerprint density at radius 1 is 1.47 bits per heavy atom. The van der Waals surface area contributed by atoms with Crippen LogP contribution in [0.5, 0.6) is 11.5 Å². The molecule has 1 aromatic rings. The molecule has 1 aromatic carbocycles. The van der Waals surface area contributed by atoms with Crippen molar-refractivity contribution < 1.29 is 14.3 Å². The van der Waals surface area contributed by atoms with E-state index in [0.717, 1.165) is 28.9 Å². The Labute approximate surface area is 89.0 Å². The molecule has 0 bridgehead atoms. The van der Waals surface area contributed by atoms with Crippen LogP contribution in [0.2, 0.25) is 0 Å². The molecule has 3 nitrogen and oxygen atoms in total. The summed E-state index contributed by atoms with van der Waals surface area (Å²) in [6, 6.07) is 4.02. The lowest BCUT2D eigenvalue weighted by molar-refractivity contribution is -0.108. The normalized spacial score (nSPS) is 15.1. The average molecular weight is 206 g/mol. The zero-order chi connectivity index (χ0) is 10.8. The summed E-state index contributed by atoms with van der Waals surface area (Å²) < 4.78 is 10.7. The minimum Gasteiger partial charge on any atom is -0.454 e. The summed E-state index contributed by atoms with van der Waals surface area (Å²) in [5.74, 6) is 1.86. The molecule has 15 heavy (non-hydrogen) atoms. The van der Waals surface area contributed by atoms with Crippen molar-refractivity contribution in [1.82, 2.24) is 0 Å². The van der Waals surface area contributed by atoms with Gasteiger partial charge in [-0.1, -0.05) is 13.0 Å². The standard InChI is InChI=1S/C12H14O3/c1-8(3-4-13)10-5-9(2)12-11(6-10)14-7-15-12/h4-6,8H,3,7H2,1-2H3. The number of hydrogen-bond acceptors (Lipinski definition) is 3. The van der Waals surface area contributed by atoms with E-state index in [0.29, 0.717) is 13.2 Å². The fraction of sp³-hybridized carbons (Fsp3) is 0.417. The van der Waals surface area contributed by atoms with E-state index in [-0.39, 0.29) is 5.92 Å². The Hall–Kier alpha value is -1.51. The van der Waals surface area contributed by atoms with Crippen molar-refractivity contribution in [2.24, 2.45) is 0 Å². The maximum Gasteiger partial charge on any atom is 0.231 e. The molecular formula is C12H14O3. The van der Waals surface area contributed by atoms with Gasteiger partial charge < -0.3 is 14.3 Å². The van der Waals surface area contributed by atoms with Gasteiger partial charge in [0.05, 0.1) is 0 Å². The van der Waals surface area contributed by atoms with Gasteiger partial charge >= 0.3 is 0 Å². The van der Waals surface area contributed by atoms with E-state index in [1.807, 2.05) is 19.9 Å². The van der Waals surface area contributed by atoms with Crippen LogP contribution in [0.25, 0.3) is 0 Å². The first-order valence-electron chi connectivity index (χ1n) is 5.06. The second kappa shape index (κ2) is 3.93. The second-order valence-electron chi connectivity index (χ2n) is 3.88. The molecule has 1 atom stereocenters. The van der Waals surface area contributed by atoms with Gasteiger partial charge in [0.1, 0.15) is 6.29 Å². The van der Waals surface area contributed by atoms with Crippen LogP contribution in [0, 0.1) is 6.92 Å². The van der Waals surface area contributed by atoms with Crippen molar-refractivity contribution in [3.63, 3.8) is 0 Å². The zero-order valence-electron chi connectivity index (χ0n) is 8.95. The van der Waals surface area contributed by atoms with E-state index in [4.69, 9.17) is 9.47 Å². The van der Waals surface area contributed by atoms with Gasteiger partial charge in [0.15, 0.2) is 11.5 Å². The fourth-order valence-corrected chi connectivity index (χ4v) is 1.78. The molecule has 3 heteroatoms. The van der Waals surface area contributed by atoms with Crippen LogP contribution in [0.4, 0.5) is 0 Å². The number of hydrogen-bond donors (Lipinski definition) is 0. The number of carbonyl (C=O) groups excluding carboxylic acids is 1. The van der Waals surface area contributed by atoms with Crippen LogP contribution < -0.4 is 9.47 Å². The van der Waals surface area contributed by atoms with Gasteiger partial charge in [-0.25, -0.2) is 0 Å². The first-order valence-corrected chi connectivity index (χ1v) is 5.06. The molecule has 0 saturated heterocycles. The third-order valence-corrected chi connectivity index (χ3v) is 2.70. The minimum atomic E-state index is 0.232. The first kappa shape index (κ1) is 10.0. The number of aryl methyl sites for hydroxylation is 1. The molecule has 1 heterocycles. The topological polar surface area (TPSA) is 35.5 Å². The van der Waals surface area contributed by atoms with Crippen LogP contribution in [0.3, 0.4) is 0 Å². The Kier molecular flexibility index (Phi) is 2.62. The van der Waals surface area contributed by atoms with Crippen molar-refractivity contribution in [3.8, 4) is 11.5 Å². The molecule has 0 N–H and O–H groups in total. The molecule has 0 radical (unpaired) electrons. The molecule has 1 aliphatic rings. The molecule has 0 aliphatic carbocycles. The highest BCUT2D eigenvalue weighted by Gasteiger charge is 2.18. The van der Waals surface area contributed by atoms with Gasteiger partial charge in [0.2, 0.25) is 6.79 Å². The molecule has 0 saturated carbocycles. The Bertz CT molecular complexity index is 385. The molecule has 0 aromatic heterocycles. The number of benzene rings is 1. The number of carbonyl (C=O) groups is 1. The third-order valence-electron chi connectivity index (χ3n) is 2.70. The number of ether oxygens (including phenoxy) is 2. The van der Waals surface area contributed by atoms with Crippen LogP contribution in [0.1, 0.15) is 30.4 Å². The van der Waals surface area contributed by atoms with Crippen molar-refractivity contribution in [2.45, 2.75) is 26.2 Å². The molecule has 1 unspecified atom stereocenters. The highest BCUT2D eigenvalue weighted by Crippen LogP contribution is 2.38. The van der Waals surface area contributed by atoms with E-state index in [9.17, 15) is 4.79 Å². The fourth-order valence-electron chi connectivity index (χ4n) is 1.78. The van der Waals surface area contributed by atoms with E-state index >= 15 is 0 Å². The second-order valence-corrected chi connectivity index (χ2v) is 3.88. The summed E-state index contributed by atoms with van der Waals surface area (Å²) in [5, 5.41) is 0. The maximum absolute atomic E-state index is 10.5. The van der Waals surface area contributed by atoms with Crippen molar-refractivity contribution in [3.05, 3.63) is 23.3 Å². The van der Waals surface area contributed by atoms with E-state index in [1.54, 1.807) is 0 Å². The summed E-state index contributed by atoms with van der Waals surface area (Å²) in [7, 11) is 0. The average Bonchev–Trinajstić information content (AvgIpc) is 2.66. The van der Waals surface area contributed by atoms with Gasteiger partial charge in [0.25, 0.3) is 0 Å². The smallest absolute Gasteiger partial charge is 0.231 e. The van der Waals surface area contributed by atoms with Crippen LogP contribution >= 0.6 is 0 Å². The number of rotatable bonds is 3. The molecule has 0 spiro atoms. The Balaban J connectivity index is 2.34. The zero-order valence-corrected chi connectivity index (χ0v) is 8.95. The molecule has 80 valence electrons. The Morgan fingerprint density at radius 3 is 3.00 bits per heavy atom. The lowest BCUT2D eigenvalue weighted by Crippen LogP contribution is -1.95. The monoisotopic (exact) mass is 206 g/mol. The van der Waals surface area contributed by atoms with Crippen LogP contribution in [0.15, 0.2) is 12.1 Å². The van der Waals surface area contributed by atoms with Gasteiger partial charge in [-0.05, 0) is 30.0 Å². The predicted molar refractivity (Wildman–Crippen MR) is 56.4 cm³/mol. The van der Waals surface area contributed by atoms with E-state index in [1.165, 1.54) is 0 Å². The number of aldehydes is 1. The lowest BCUT2D eigenvalue weighted by Gasteiger charge is -2.10. The van der Waals surface area contributed by atoms with E-state index < -0.39 is 0 Å². The molecular weight excluding hydrogens is 192 g/mol. The van der Waals surface area contributed by atoms with Gasteiger partial charge in [-0.15, -0.1) is 0 Å². The molecule has 0 amide bonds. The first-order chi connectivity index (χ1) is 7.22. The molecule has 2 rings (SSSR count). The van der Waals surface area contributed by atoms with Gasteiger partial charge in [-0.3, -0.25) is 0 Å². The highest BCUT2D eigenvalue weighted by atomic mass is 16.7. The van der Waals surface area contributed by atoms with Gasteiger partial charge in [0, 0.05) is 6.42 Å². The summed E-state index contributed by atoms with van der Waals surface area (Å²) in [4.78, 5) is 10.5. The lowest BCUT2D eigenvalue weighted by atomic mass is 9.96. The summed E-state index contributed by atoms with van der Waals surface area (Å²) in [5.41, 5.74) is 2.20. The van der Waals surface area contributed by atoms with Gasteiger partial charge in [-0.2, -0.15) is 0 Å². The SMILES string of the molecule is Cc1cc(C(C)CC=O)cc2c1OCO2. The summed E-state index contributed by atoms with van der Waals surface area (Å²) >= 11 is 0. The highest BCUT2D eigenvalue weighted by molar-refractivity contribution is 5.54. The van der Waals surface area contributed by atoms with Crippen LogP contribution in [-0.2, 0) is 4.79 Å². The van der Waals surface area contributed by atoms with E-state index in [2.05, 4.69) is 6.07 Å². The predicted octanol–water partition coefficient (Wildman–Crippen LogP) is 2.42. The third kappa shape index (κ3) is 1.82. The van der Waals surface area contributed by atoms with Crippen molar-refractivity contribution in [2.75, 3.05) is 6.79 Å². The quantitative estimate of drug-likeness (QED) is 0.712. The Morgan fingerprint density at radius 2 is 2.27 bits per heavy atom. The molecule has 1 aliphatic heterocycles. The summed E-state index contributed by atoms with van der Waals surface area (Å²) in [6.45, 7) is 4.32.